The molecule has 1 aliphatic heterocycles. The molecule has 2 unspecified atom stereocenters. The van der Waals surface area contributed by atoms with E-state index >= 15 is 0 Å². The molecule has 0 radical (unpaired) electrons. The number of hydrogen-bond acceptors (Lipinski definition) is 5. The quantitative estimate of drug-likeness (QED) is 0.265. The van der Waals surface area contributed by atoms with Gasteiger partial charge in [0, 0.05) is 22.9 Å². The summed E-state index contributed by atoms with van der Waals surface area (Å²) in [7, 11) is 0. The van der Waals surface area contributed by atoms with Gasteiger partial charge >= 0.3 is 12.3 Å². The number of carbonyl (C=O) groups excluding carboxylic acids is 1. The standard InChI is InChI=1S/C28H36F3N3O2S/c1-27(2,3)36-26(35)32-13-7-10-18-8-6-9-19(14-18)17-33-22-15-20(28(29,30)31)16-24-25(22)34-21-11-4-5-12-23(21)37-24/h4-5,11-12,15-16,18-19,33-34H,6-10,13-14,17H2,1-3H3,(H,32,35). The van der Waals surface area contributed by atoms with Gasteiger partial charge < -0.3 is 20.7 Å². The minimum Gasteiger partial charge on any atom is -0.444 e. The Morgan fingerprint density at radius 3 is 2.62 bits per heavy atom. The van der Waals surface area contributed by atoms with Crippen LogP contribution in [-0.2, 0) is 10.9 Å². The first-order chi connectivity index (χ1) is 17.5. The van der Waals surface area contributed by atoms with E-state index in [2.05, 4.69) is 16.0 Å². The van der Waals surface area contributed by atoms with Gasteiger partial charge in [-0.15, -0.1) is 0 Å². The molecule has 0 spiro atoms. The third kappa shape index (κ3) is 7.72. The maximum Gasteiger partial charge on any atom is 0.416 e. The Hall–Kier alpha value is -2.55. The van der Waals surface area contributed by atoms with Crippen LogP contribution in [-0.4, -0.2) is 24.8 Å². The van der Waals surface area contributed by atoms with E-state index in [1.165, 1.54) is 23.9 Å². The normalized spacial score (nSPS) is 19.3. The predicted molar refractivity (Wildman–Crippen MR) is 143 cm³/mol. The second-order valence-electron chi connectivity index (χ2n) is 11.0. The number of rotatable bonds is 7. The fraction of sp³-hybridized carbons (Fsp3) is 0.536. The molecule has 0 saturated heterocycles. The van der Waals surface area contributed by atoms with Crippen LogP contribution in [0.4, 0.5) is 35.0 Å². The smallest absolute Gasteiger partial charge is 0.416 e. The number of carbonyl (C=O) groups is 1. The molecule has 202 valence electrons. The molecule has 2 aromatic rings. The molecule has 4 rings (SSSR count). The van der Waals surface area contributed by atoms with Crippen LogP contribution < -0.4 is 16.0 Å². The van der Waals surface area contributed by atoms with Crippen molar-refractivity contribution in [3.63, 3.8) is 0 Å². The lowest BCUT2D eigenvalue weighted by Gasteiger charge is -2.31. The van der Waals surface area contributed by atoms with E-state index in [1.54, 1.807) is 0 Å². The summed E-state index contributed by atoms with van der Waals surface area (Å²) in [5, 5.41) is 9.52. The zero-order valence-electron chi connectivity index (χ0n) is 21.6. The summed E-state index contributed by atoms with van der Waals surface area (Å²) in [5.74, 6) is 0.947. The Morgan fingerprint density at radius 1 is 1.11 bits per heavy atom. The number of fused-ring (bicyclic) bond motifs is 2. The van der Waals surface area contributed by atoms with Crippen molar-refractivity contribution in [2.75, 3.05) is 23.7 Å². The highest BCUT2D eigenvalue weighted by molar-refractivity contribution is 7.99. The molecule has 2 aromatic carbocycles. The van der Waals surface area contributed by atoms with E-state index < -0.39 is 23.4 Å². The lowest BCUT2D eigenvalue weighted by Crippen LogP contribution is -2.33. The second kappa shape index (κ2) is 11.5. The molecule has 2 atom stereocenters. The highest BCUT2D eigenvalue weighted by atomic mass is 32.2. The van der Waals surface area contributed by atoms with Gasteiger partial charge in [0.1, 0.15) is 5.60 Å². The van der Waals surface area contributed by atoms with Gasteiger partial charge in [0.2, 0.25) is 0 Å². The van der Waals surface area contributed by atoms with E-state index in [1.807, 2.05) is 45.0 Å². The molecule has 1 amide bonds. The minimum absolute atomic E-state index is 0.392. The fourth-order valence-electron chi connectivity index (χ4n) is 5.04. The zero-order valence-corrected chi connectivity index (χ0v) is 22.5. The van der Waals surface area contributed by atoms with Crippen LogP contribution in [0.3, 0.4) is 0 Å². The molecular formula is C28H36F3N3O2S. The number of alkyl carbamates (subject to hydrolysis) is 1. The number of para-hydroxylation sites is 1. The molecule has 1 fully saturated rings. The third-order valence-electron chi connectivity index (χ3n) is 6.73. The number of alkyl halides is 3. The van der Waals surface area contributed by atoms with Crippen molar-refractivity contribution in [2.24, 2.45) is 11.8 Å². The summed E-state index contributed by atoms with van der Waals surface area (Å²) in [6, 6.07) is 10.1. The maximum absolute atomic E-state index is 13.7. The number of nitrogens with one attached hydrogen (secondary N) is 3. The van der Waals surface area contributed by atoms with Gasteiger partial charge in [-0.25, -0.2) is 4.79 Å². The number of amides is 1. The lowest BCUT2D eigenvalue weighted by atomic mass is 9.79. The van der Waals surface area contributed by atoms with Crippen molar-refractivity contribution in [1.82, 2.24) is 5.32 Å². The molecule has 0 bridgehead atoms. The van der Waals surface area contributed by atoms with Crippen molar-refractivity contribution < 1.29 is 22.7 Å². The molecule has 1 saturated carbocycles. The van der Waals surface area contributed by atoms with Crippen LogP contribution >= 0.6 is 11.8 Å². The highest BCUT2D eigenvalue weighted by Gasteiger charge is 2.33. The first-order valence-corrected chi connectivity index (χ1v) is 13.8. The fourth-order valence-corrected chi connectivity index (χ4v) is 6.10. The Balaban J connectivity index is 1.34. The molecule has 9 heteroatoms. The number of benzene rings is 2. The van der Waals surface area contributed by atoms with Gasteiger partial charge in [-0.05, 0) is 82.6 Å². The van der Waals surface area contributed by atoms with Crippen molar-refractivity contribution >= 4 is 34.9 Å². The molecule has 0 aromatic heterocycles. The first-order valence-electron chi connectivity index (χ1n) is 13.0. The zero-order chi connectivity index (χ0) is 26.6. The first kappa shape index (κ1) is 27.5. The Kier molecular flexibility index (Phi) is 8.51. The number of anilines is 3. The van der Waals surface area contributed by atoms with Crippen molar-refractivity contribution in [2.45, 2.75) is 80.9 Å². The highest BCUT2D eigenvalue weighted by Crippen LogP contribution is 2.49. The average molecular weight is 536 g/mol. The van der Waals surface area contributed by atoms with Crippen molar-refractivity contribution in [1.29, 1.82) is 0 Å². The van der Waals surface area contributed by atoms with E-state index in [0.29, 0.717) is 41.2 Å². The van der Waals surface area contributed by atoms with Gasteiger partial charge in [-0.2, -0.15) is 13.2 Å². The molecular weight excluding hydrogens is 499 g/mol. The van der Waals surface area contributed by atoms with Crippen LogP contribution in [0.25, 0.3) is 0 Å². The largest absolute Gasteiger partial charge is 0.444 e. The number of halogens is 3. The van der Waals surface area contributed by atoms with Gasteiger partial charge in [0.05, 0.1) is 22.6 Å². The van der Waals surface area contributed by atoms with Gasteiger partial charge in [0.15, 0.2) is 0 Å². The van der Waals surface area contributed by atoms with Crippen LogP contribution in [0.2, 0.25) is 0 Å². The Labute approximate surface area is 221 Å². The summed E-state index contributed by atoms with van der Waals surface area (Å²) in [6.07, 6.45) is 1.45. The summed E-state index contributed by atoms with van der Waals surface area (Å²) >= 11 is 1.36. The van der Waals surface area contributed by atoms with E-state index in [4.69, 9.17) is 4.74 Å². The summed E-state index contributed by atoms with van der Waals surface area (Å²) < 4.78 is 46.3. The molecule has 1 aliphatic carbocycles. The molecule has 2 aliphatic rings. The summed E-state index contributed by atoms with van der Waals surface area (Å²) in [5.41, 5.74) is 0.958. The van der Waals surface area contributed by atoms with Crippen molar-refractivity contribution in [3.8, 4) is 0 Å². The Bertz CT molecular complexity index is 1100. The van der Waals surface area contributed by atoms with E-state index in [-0.39, 0.29) is 0 Å². The average Bonchev–Trinajstić information content (AvgIpc) is 2.82. The van der Waals surface area contributed by atoms with Gasteiger partial charge in [-0.1, -0.05) is 36.7 Å². The predicted octanol–water partition coefficient (Wildman–Crippen LogP) is 8.44. The molecule has 5 nitrogen and oxygen atoms in total. The summed E-state index contributed by atoms with van der Waals surface area (Å²) in [4.78, 5) is 13.3. The Morgan fingerprint density at radius 2 is 1.86 bits per heavy atom. The monoisotopic (exact) mass is 535 g/mol. The van der Waals surface area contributed by atoms with Gasteiger partial charge in [0.25, 0.3) is 0 Å². The van der Waals surface area contributed by atoms with E-state index in [9.17, 15) is 18.0 Å². The molecule has 3 N–H and O–H groups in total. The lowest BCUT2D eigenvalue weighted by molar-refractivity contribution is -0.137. The maximum atomic E-state index is 13.7. The van der Waals surface area contributed by atoms with Crippen LogP contribution in [0.15, 0.2) is 46.2 Å². The second-order valence-corrected chi connectivity index (χ2v) is 12.1. The minimum atomic E-state index is -4.41. The topological polar surface area (TPSA) is 62.4 Å². The van der Waals surface area contributed by atoms with Crippen LogP contribution in [0.5, 0.6) is 0 Å². The van der Waals surface area contributed by atoms with Crippen LogP contribution in [0, 0.1) is 11.8 Å². The number of hydrogen-bond donors (Lipinski definition) is 3. The van der Waals surface area contributed by atoms with Crippen LogP contribution in [0.1, 0.15) is 64.9 Å². The van der Waals surface area contributed by atoms with E-state index in [0.717, 1.165) is 49.1 Å². The summed E-state index contributed by atoms with van der Waals surface area (Å²) in [6.45, 7) is 6.73. The number of ether oxygens (including phenoxy) is 1. The van der Waals surface area contributed by atoms with Crippen molar-refractivity contribution in [3.05, 3.63) is 42.0 Å². The van der Waals surface area contributed by atoms with Gasteiger partial charge in [-0.3, -0.25) is 0 Å². The third-order valence-corrected chi connectivity index (χ3v) is 7.84. The molecule has 1 heterocycles. The SMILES string of the molecule is CC(C)(C)OC(=O)NCCCC1CCCC(CNc2cc(C(F)(F)F)cc3c2Nc2ccccc2S3)C1. The molecule has 37 heavy (non-hydrogen) atoms.